The van der Waals surface area contributed by atoms with Gasteiger partial charge in [0.25, 0.3) is 0 Å². The highest BCUT2D eigenvalue weighted by Gasteiger charge is 1.76. The van der Waals surface area contributed by atoms with E-state index in [1.54, 1.807) is 0 Å². The summed E-state index contributed by atoms with van der Waals surface area (Å²) in [5.74, 6) is 0. The van der Waals surface area contributed by atoms with Gasteiger partial charge in [-0.1, -0.05) is 15.9 Å². The highest BCUT2D eigenvalue weighted by atomic mass is 79.9. The van der Waals surface area contributed by atoms with Crippen LogP contribution in [0.5, 0.6) is 0 Å². The second-order valence-electron chi connectivity index (χ2n) is 0.489. The summed E-state index contributed by atoms with van der Waals surface area (Å²) in [6.07, 6.45) is -6.26. The maximum absolute atomic E-state index is 7.19. The predicted molar refractivity (Wildman–Crippen MR) is 32.1 cm³/mol. The predicted octanol–water partition coefficient (Wildman–Crippen LogP) is 1.12. The van der Waals surface area contributed by atoms with Crippen LogP contribution in [-0.4, -0.2) is 11.8 Å². The fourth-order valence-corrected chi connectivity index (χ4v) is 0.159. The fraction of sp³-hybridized carbons (Fsp3) is 1.00. The molecule has 0 bridgehead atoms. The molecule has 0 aliphatic carbocycles. The van der Waals surface area contributed by atoms with Gasteiger partial charge in [-0.2, -0.15) is 0 Å². The van der Waals surface area contributed by atoms with Crippen LogP contribution >= 0.6 is 15.9 Å². The van der Waals surface area contributed by atoms with Crippen LogP contribution in [0.4, 0.5) is 0 Å². The van der Waals surface area contributed by atoms with Crippen LogP contribution in [0, 0.1) is 0 Å². The largest absolute Gasteiger partial charge is 0.330 e. The molecule has 0 aliphatic heterocycles. The summed E-state index contributed by atoms with van der Waals surface area (Å²) < 4.78 is 56.5. The van der Waals surface area contributed by atoms with Crippen LogP contribution in [-0.2, 0) is 0 Å². The number of rotatable bonds is 3. The molecule has 0 saturated carbocycles. The molecule has 0 aromatic carbocycles. The number of hydrogen-bond donors (Lipinski definition) is 1. The normalized spacial score (nSPS) is 38.3. The highest BCUT2D eigenvalue weighted by Crippen LogP contribution is 1.89. The molecular formula is C4H10BrN. The van der Waals surface area contributed by atoms with Gasteiger partial charge in [0.1, 0.15) is 0 Å². The van der Waals surface area contributed by atoms with Crippen molar-refractivity contribution in [2.75, 3.05) is 11.8 Å². The standard InChI is InChI=1S/C4H10BrN/c5-3-1-2-4-6/h1-4,6H2/i1D2,2D2,3D2,4D2. The summed E-state index contributed by atoms with van der Waals surface area (Å²) in [5, 5.41) is -2.71. The third-order valence-electron chi connectivity index (χ3n) is 0.182. The zero-order valence-electron chi connectivity index (χ0n) is 11.0. The van der Waals surface area contributed by atoms with Gasteiger partial charge >= 0.3 is 0 Å². The van der Waals surface area contributed by atoms with Crippen LogP contribution < -0.4 is 5.73 Å². The second kappa shape index (κ2) is 5.44. The summed E-state index contributed by atoms with van der Waals surface area (Å²) in [6, 6.07) is 0. The molecule has 6 heavy (non-hydrogen) atoms. The lowest BCUT2D eigenvalue weighted by Crippen LogP contribution is -1.97. The fourth-order valence-electron chi connectivity index (χ4n) is 0.0597. The van der Waals surface area contributed by atoms with E-state index in [2.05, 4.69) is 15.9 Å². The van der Waals surface area contributed by atoms with Crippen LogP contribution in [0.3, 0.4) is 0 Å². The van der Waals surface area contributed by atoms with Gasteiger partial charge in [0, 0.05) is 16.2 Å². The molecular weight excluding hydrogens is 142 g/mol. The lowest BCUT2D eigenvalue weighted by Gasteiger charge is -1.85. The first kappa shape index (κ1) is 1.06. The number of nitrogens with two attached hydrogens (primary N) is 1. The molecule has 2 N–H and O–H groups in total. The van der Waals surface area contributed by atoms with E-state index in [4.69, 9.17) is 16.7 Å². The Balaban J connectivity index is 5.30. The smallest absolute Gasteiger partial charge is 0.0425 e. The van der Waals surface area contributed by atoms with Crippen molar-refractivity contribution in [1.29, 1.82) is 0 Å². The molecule has 0 atom stereocenters. The Morgan fingerprint density at radius 1 is 1.67 bits per heavy atom. The second-order valence-corrected chi connectivity index (χ2v) is 0.885. The van der Waals surface area contributed by atoms with Crippen molar-refractivity contribution < 1.29 is 11.0 Å². The molecule has 38 valence electrons. The molecule has 0 rings (SSSR count). The quantitative estimate of drug-likeness (QED) is 0.615. The van der Waals surface area contributed by atoms with Gasteiger partial charge in [-0.05, 0) is 19.2 Å². The maximum Gasteiger partial charge on any atom is 0.0425 e. The third kappa shape index (κ3) is 4.44. The molecule has 0 unspecified atom stereocenters. The van der Waals surface area contributed by atoms with E-state index in [1.165, 1.54) is 0 Å². The number of alkyl halides is 1. The molecule has 0 spiro atoms. The monoisotopic (exact) mass is 159 g/mol. The molecule has 0 aromatic heterocycles. The maximum atomic E-state index is 7.19. The van der Waals surface area contributed by atoms with E-state index in [-0.39, 0.29) is 0 Å². The minimum Gasteiger partial charge on any atom is -0.330 e. The van der Waals surface area contributed by atoms with Crippen molar-refractivity contribution in [2.45, 2.75) is 12.7 Å². The minimum absolute atomic E-state index is 2.32. The molecule has 0 fully saturated rings. The van der Waals surface area contributed by atoms with E-state index in [1.807, 2.05) is 0 Å². The number of hydrogen-bond acceptors (Lipinski definition) is 1. The summed E-state index contributed by atoms with van der Waals surface area (Å²) >= 11 is 2.32. The Kier molecular flexibility index (Phi) is 0.957. The summed E-state index contributed by atoms with van der Waals surface area (Å²) in [5.41, 5.74) is 4.83. The van der Waals surface area contributed by atoms with E-state index >= 15 is 0 Å². The molecule has 0 saturated heterocycles. The van der Waals surface area contributed by atoms with E-state index in [0.29, 0.717) is 0 Å². The van der Waals surface area contributed by atoms with E-state index in [0.717, 1.165) is 0 Å². The first-order valence-electron chi connectivity index (χ1n) is 5.23. The van der Waals surface area contributed by atoms with E-state index < -0.39 is 24.5 Å². The highest BCUT2D eigenvalue weighted by molar-refractivity contribution is 9.09. The van der Waals surface area contributed by atoms with Crippen molar-refractivity contribution in [3.63, 3.8) is 0 Å². The van der Waals surface area contributed by atoms with Gasteiger partial charge in [-0.25, -0.2) is 0 Å². The van der Waals surface area contributed by atoms with Gasteiger partial charge in [0.15, 0.2) is 0 Å². The van der Waals surface area contributed by atoms with Crippen LogP contribution in [0.25, 0.3) is 0 Å². The van der Waals surface area contributed by atoms with Crippen molar-refractivity contribution in [2.24, 2.45) is 5.73 Å². The third-order valence-corrected chi connectivity index (χ3v) is 0.380. The van der Waals surface area contributed by atoms with Crippen molar-refractivity contribution in [3.05, 3.63) is 0 Å². The number of halogens is 1. The summed E-state index contributed by atoms with van der Waals surface area (Å²) in [4.78, 5) is 0. The molecule has 0 radical (unpaired) electrons. The molecule has 0 heterocycles. The lowest BCUT2D eigenvalue weighted by molar-refractivity contribution is 0.818. The Morgan fingerprint density at radius 3 is 2.50 bits per heavy atom. The Hall–Kier alpha value is 0.440. The average Bonchev–Trinajstić information content (AvgIpc) is 1.81. The summed E-state index contributed by atoms with van der Waals surface area (Å²) in [6.45, 7) is -2.97. The Bertz CT molecular complexity index is 190. The Morgan fingerprint density at radius 2 is 2.33 bits per heavy atom. The zero-order chi connectivity index (χ0) is 12.0. The average molecular weight is 160 g/mol. The minimum atomic E-state index is -3.16. The van der Waals surface area contributed by atoms with Gasteiger partial charge in [0.2, 0.25) is 0 Å². The van der Waals surface area contributed by atoms with Crippen LogP contribution in [0.15, 0.2) is 0 Å². The van der Waals surface area contributed by atoms with E-state index in [9.17, 15) is 0 Å². The van der Waals surface area contributed by atoms with Crippen molar-refractivity contribution >= 4 is 15.9 Å². The topological polar surface area (TPSA) is 26.0 Å². The van der Waals surface area contributed by atoms with Gasteiger partial charge in [-0.15, -0.1) is 0 Å². The van der Waals surface area contributed by atoms with Gasteiger partial charge < -0.3 is 5.73 Å². The molecule has 1 nitrogen and oxygen atoms in total. The van der Waals surface area contributed by atoms with Crippen LogP contribution in [0.1, 0.15) is 23.7 Å². The molecule has 0 amide bonds. The lowest BCUT2D eigenvalue weighted by atomic mass is 10.3. The van der Waals surface area contributed by atoms with Gasteiger partial charge in [0.05, 0.1) is 0 Å². The SMILES string of the molecule is [2H]C([2H])(N)C([2H])([2H])C([2H])([2H])C([2H])([2H])Br. The zero-order valence-corrected chi connectivity index (χ0v) is 4.54. The molecule has 0 aromatic rings. The Labute approximate surface area is 58.3 Å². The van der Waals surface area contributed by atoms with Crippen molar-refractivity contribution in [1.82, 2.24) is 0 Å². The summed E-state index contributed by atoms with van der Waals surface area (Å²) in [7, 11) is 0. The first-order valence-corrected chi connectivity index (χ1v) is 2.02. The van der Waals surface area contributed by atoms with Crippen LogP contribution in [0.2, 0.25) is 0 Å². The van der Waals surface area contributed by atoms with Gasteiger partial charge in [-0.3, -0.25) is 0 Å². The first-order chi connectivity index (χ1) is 5.75. The van der Waals surface area contributed by atoms with Crippen molar-refractivity contribution in [3.8, 4) is 0 Å². The molecule has 2 heteroatoms. The molecule has 0 aliphatic rings.